The number of halogens is 5. The largest absolute Gasteiger partial charge is 0.476 e. The molecule has 2 aromatic rings. The van der Waals surface area contributed by atoms with Crippen molar-refractivity contribution in [2.75, 3.05) is 0 Å². The molecule has 0 unspecified atom stereocenters. The Bertz CT molecular complexity index is 696. The van der Waals surface area contributed by atoms with Crippen molar-refractivity contribution in [2.24, 2.45) is 0 Å². The summed E-state index contributed by atoms with van der Waals surface area (Å²) in [7, 11) is 0. The number of aromatic carboxylic acids is 1. The number of rotatable bonds is 3. The molecule has 0 spiro atoms. The highest BCUT2D eigenvalue weighted by atomic mass is 19.4. The average molecular weight is 307 g/mol. The van der Waals surface area contributed by atoms with Crippen LogP contribution >= 0.6 is 0 Å². The van der Waals surface area contributed by atoms with Gasteiger partial charge in [-0.1, -0.05) is 11.3 Å². The Balaban J connectivity index is 2.47. The lowest BCUT2D eigenvalue weighted by molar-refractivity contribution is -0.144. The Morgan fingerprint density at radius 2 is 1.95 bits per heavy atom. The third-order valence-electron chi connectivity index (χ3n) is 2.54. The number of hydrogen-bond donors (Lipinski definition) is 1. The highest BCUT2D eigenvalue weighted by Gasteiger charge is 2.41. The van der Waals surface area contributed by atoms with Gasteiger partial charge in [-0.15, -0.1) is 5.10 Å². The van der Waals surface area contributed by atoms with Crippen LogP contribution in [-0.2, 0) is 12.7 Å². The van der Waals surface area contributed by atoms with Crippen LogP contribution in [0.1, 0.15) is 21.7 Å². The molecule has 0 radical (unpaired) electrons. The maximum absolute atomic E-state index is 13.4. The number of nitrogens with zero attached hydrogens (tertiary/aromatic N) is 3. The maximum Gasteiger partial charge on any atom is 0.435 e. The van der Waals surface area contributed by atoms with E-state index in [4.69, 9.17) is 5.11 Å². The molecule has 21 heavy (non-hydrogen) atoms. The van der Waals surface area contributed by atoms with E-state index in [9.17, 15) is 26.7 Å². The molecule has 0 fully saturated rings. The van der Waals surface area contributed by atoms with E-state index < -0.39 is 41.7 Å². The van der Waals surface area contributed by atoms with Crippen molar-refractivity contribution >= 4 is 5.97 Å². The zero-order valence-electron chi connectivity index (χ0n) is 10.0. The summed E-state index contributed by atoms with van der Waals surface area (Å²) in [6.07, 6.45) is -5.03. The summed E-state index contributed by atoms with van der Waals surface area (Å²) in [6.45, 7) is -0.735. The topological polar surface area (TPSA) is 68.0 Å². The molecule has 0 aliphatic heterocycles. The Kier molecular flexibility index (Phi) is 3.62. The van der Waals surface area contributed by atoms with Crippen molar-refractivity contribution in [2.45, 2.75) is 12.7 Å². The number of carbonyl (C=O) groups is 1. The molecule has 0 saturated carbocycles. The van der Waals surface area contributed by atoms with E-state index in [1.807, 2.05) is 0 Å². The number of alkyl halides is 3. The van der Waals surface area contributed by atoms with E-state index in [0.29, 0.717) is 6.07 Å². The highest BCUT2D eigenvalue weighted by Crippen LogP contribution is 2.31. The summed E-state index contributed by atoms with van der Waals surface area (Å²) >= 11 is 0. The number of aromatic nitrogens is 3. The molecule has 0 atom stereocenters. The molecule has 112 valence electrons. The third-order valence-corrected chi connectivity index (χ3v) is 2.54. The lowest BCUT2D eigenvalue weighted by Crippen LogP contribution is -2.19. The van der Waals surface area contributed by atoms with Crippen molar-refractivity contribution in [3.05, 3.63) is 46.8 Å². The Morgan fingerprint density at radius 1 is 1.29 bits per heavy atom. The van der Waals surface area contributed by atoms with Crippen LogP contribution in [0, 0.1) is 11.6 Å². The van der Waals surface area contributed by atoms with E-state index in [0.717, 1.165) is 12.1 Å². The second-order valence-electron chi connectivity index (χ2n) is 3.98. The van der Waals surface area contributed by atoms with Gasteiger partial charge >= 0.3 is 12.1 Å². The zero-order valence-corrected chi connectivity index (χ0v) is 10.0. The predicted molar refractivity (Wildman–Crippen MR) is 57.4 cm³/mol. The Labute approximate surface area is 113 Å². The fourth-order valence-corrected chi connectivity index (χ4v) is 1.66. The van der Waals surface area contributed by atoms with Gasteiger partial charge in [0.25, 0.3) is 0 Å². The minimum atomic E-state index is -5.03. The summed E-state index contributed by atoms with van der Waals surface area (Å²) in [5.41, 5.74) is -3.19. The molecular weight excluding hydrogens is 301 g/mol. The Hall–Kier alpha value is -2.52. The summed E-state index contributed by atoms with van der Waals surface area (Å²) in [6, 6.07) is 2.30. The van der Waals surface area contributed by atoms with E-state index >= 15 is 0 Å². The molecule has 0 saturated heterocycles. The average Bonchev–Trinajstić information content (AvgIpc) is 2.76. The standard InChI is InChI=1S/C11H6F5N3O2/c12-6-2-1-5(7(13)3-6)4-19-9(11(14,15)16)8(10(20)21)17-18-19/h1-3H,4H2,(H,20,21). The minimum absolute atomic E-state index is 0.208. The van der Waals surface area contributed by atoms with Crippen molar-refractivity contribution in [3.8, 4) is 0 Å². The van der Waals surface area contributed by atoms with Crippen LogP contribution in [0.2, 0.25) is 0 Å². The van der Waals surface area contributed by atoms with Crippen LogP contribution in [0.4, 0.5) is 22.0 Å². The van der Waals surface area contributed by atoms with Gasteiger partial charge in [0.2, 0.25) is 5.69 Å². The van der Waals surface area contributed by atoms with Gasteiger partial charge in [-0.05, 0) is 6.07 Å². The molecule has 1 aromatic carbocycles. The van der Waals surface area contributed by atoms with E-state index in [2.05, 4.69) is 10.3 Å². The first-order valence-electron chi connectivity index (χ1n) is 5.38. The second kappa shape index (κ2) is 5.11. The second-order valence-corrected chi connectivity index (χ2v) is 3.98. The molecule has 10 heteroatoms. The fraction of sp³-hybridized carbons (Fsp3) is 0.182. The summed E-state index contributed by atoms with van der Waals surface area (Å²) in [5.74, 6) is -3.87. The number of benzene rings is 1. The van der Waals surface area contributed by atoms with Gasteiger partial charge in [0.05, 0.1) is 6.54 Å². The molecule has 1 N–H and O–H groups in total. The molecule has 0 aliphatic rings. The van der Waals surface area contributed by atoms with Crippen LogP contribution in [0.15, 0.2) is 18.2 Å². The quantitative estimate of drug-likeness (QED) is 0.884. The third kappa shape index (κ3) is 2.98. The van der Waals surface area contributed by atoms with Gasteiger partial charge in [0, 0.05) is 11.6 Å². The number of hydrogen-bond acceptors (Lipinski definition) is 3. The molecule has 1 heterocycles. The van der Waals surface area contributed by atoms with Crippen LogP contribution in [0.5, 0.6) is 0 Å². The van der Waals surface area contributed by atoms with Gasteiger partial charge in [-0.25, -0.2) is 18.3 Å². The molecular formula is C11H6F5N3O2. The van der Waals surface area contributed by atoms with Crippen LogP contribution < -0.4 is 0 Å². The van der Waals surface area contributed by atoms with Crippen molar-refractivity contribution in [3.63, 3.8) is 0 Å². The van der Waals surface area contributed by atoms with E-state index in [1.54, 1.807) is 0 Å². The van der Waals surface area contributed by atoms with E-state index in [-0.39, 0.29) is 10.2 Å². The number of carboxylic acid groups (broad SMARTS) is 1. The molecule has 2 rings (SSSR count). The smallest absolute Gasteiger partial charge is 0.435 e. The van der Waals surface area contributed by atoms with Crippen LogP contribution in [0.3, 0.4) is 0 Å². The van der Waals surface area contributed by atoms with Gasteiger partial charge in [-0.3, -0.25) is 0 Å². The molecule has 0 bridgehead atoms. The van der Waals surface area contributed by atoms with Crippen molar-refractivity contribution in [1.82, 2.24) is 15.0 Å². The minimum Gasteiger partial charge on any atom is -0.476 e. The summed E-state index contributed by atoms with van der Waals surface area (Å²) in [4.78, 5) is 10.7. The van der Waals surface area contributed by atoms with Crippen LogP contribution in [0.25, 0.3) is 0 Å². The summed E-state index contributed by atoms with van der Waals surface area (Å²) < 4.78 is 64.9. The predicted octanol–water partition coefficient (Wildman–Crippen LogP) is 2.32. The van der Waals surface area contributed by atoms with Crippen molar-refractivity contribution < 1.29 is 31.9 Å². The first-order chi connectivity index (χ1) is 9.70. The SMILES string of the molecule is O=C(O)c1nnn(Cc2ccc(F)cc2F)c1C(F)(F)F. The molecule has 5 nitrogen and oxygen atoms in total. The monoisotopic (exact) mass is 307 g/mol. The maximum atomic E-state index is 13.4. The first kappa shape index (κ1) is 14.9. The van der Waals surface area contributed by atoms with Gasteiger partial charge in [-0.2, -0.15) is 13.2 Å². The fourth-order valence-electron chi connectivity index (χ4n) is 1.66. The molecule has 0 amide bonds. The van der Waals surface area contributed by atoms with E-state index in [1.165, 1.54) is 0 Å². The Morgan fingerprint density at radius 3 is 2.48 bits per heavy atom. The first-order valence-corrected chi connectivity index (χ1v) is 5.38. The molecule has 0 aliphatic carbocycles. The summed E-state index contributed by atoms with van der Waals surface area (Å²) in [5, 5.41) is 14.7. The normalized spacial score (nSPS) is 11.7. The van der Waals surface area contributed by atoms with Gasteiger partial charge < -0.3 is 5.11 Å². The number of carboxylic acids is 1. The van der Waals surface area contributed by atoms with Gasteiger partial charge in [0.1, 0.15) is 11.6 Å². The highest BCUT2D eigenvalue weighted by molar-refractivity contribution is 5.86. The zero-order chi connectivity index (χ0) is 15.8. The van der Waals surface area contributed by atoms with Crippen LogP contribution in [-0.4, -0.2) is 26.1 Å². The van der Waals surface area contributed by atoms with Gasteiger partial charge in [0.15, 0.2) is 5.69 Å². The lowest BCUT2D eigenvalue weighted by atomic mass is 10.2. The van der Waals surface area contributed by atoms with Crippen molar-refractivity contribution in [1.29, 1.82) is 0 Å². The molecule has 1 aromatic heterocycles. The lowest BCUT2D eigenvalue weighted by Gasteiger charge is -2.10.